The minimum absolute atomic E-state index is 0.102. The Hall–Kier alpha value is -2.34. The summed E-state index contributed by atoms with van der Waals surface area (Å²) in [4.78, 5) is 15.0. The summed E-state index contributed by atoms with van der Waals surface area (Å²) < 4.78 is 8.30. The molecule has 4 saturated carbocycles. The molecule has 1 unspecified atom stereocenters. The van der Waals surface area contributed by atoms with Crippen molar-refractivity contribution in [2.75, 3.05) is 6.61 Å². The van der Waals surface area contributed by atoms with E-state index in [0.29, 0.717) is 17.4 Å². The van der Waals surface area contributed by atoms with Crippen LogP contribution in [0, 0.1) is 12.3 Å². The number of ether oxygens (including phenoxy) is 1. The molecule has 0 N–H and O–H groups in total. The van der Waals surface area contributed by atoms with Crippen LogP contribution in [-0.2, 0) is 10.2 Å². The molecule has 3 aromatic rings. The number of rotatable bonds is 4. The van der Waals surface area contributed by atoms with Crippen molar-refractivity contribution >= 4 is 11.0 Å². The van der Waals surface area contributed by atoms with Crippen LogP contribution in [0.1, 0.15) is 106 Å². The maximum Gasteiger partial charge on any atom is 0.111 e. The fraction of sp³-hybridized carbons (Fsp3) is 0.630. The Labute approximate surface area is 196 Å². The summed E-state index contributed by atoms with van der Waals surface area (Å²) in [6, 6.07) is 2.81. The molecule has 174 valence electrons. The highest BCUT2D eigenvalue weighted by Gasteiger charge is 2.67. The predicted molar refractivity (Wildman–Crippen MR) is 128 cm³/mol. The van der Waals surface area contributed by atoms with Gasteiger partial charge in [0.25, 0.3) is 0 Å². The van der Waals surface area contributed by atoms with Crippen LogP contribution in [0.25, 0.3) is 11.0 Å². The van der Waals surface area contributed by atoms with Gasteiger partial charge in [-0.15, -0.1) is 0 Å². The molecule has 4 aliphatic carbocycles. The molecule has 5 aliphatic rings. The molecule has 0 spiro atoms. The maximum absolute atomic E-state index is 6.18. The van der Waals surface area contributed by atoms with Crippen LogP contribution in [0.5, 0.6) is 0 Å². The first kappa shape index (κ1) is 21.2. The molecule has 2 bridgehead atoms. The average molecular weight is 446 g/mol. The number of aromatic nitrogens is 5. The summed E-state index contributed by atoms with van der Waals surface area (Å²) in [6.07, 6.45) is 14.4. The zero-order valence-corrected chi connectivity index (χ0v) is 20.3. The number of hydrogen-bond acceptors (Lipinski definition) is 5. The number of aryl methyl sites for hydroxylation is 1. The Morgan fingerprint density at radius 2 is 1.85 bits per heavy atom. The summed E-state index contributed by atoms with van der Waals surface area (Å²) >= 11 is 0. The van der Waals surface area contributed by atoms with Crippen molar-refractivity contribution in [3.8, 4) is 0 Å². The first-order valence-corrected chi connectivity index (χ1v) is 12.8. The van der Waals surface area contributed by atoms with E-state index in [9.17, 15) is 0 Å². The molecular formula is C27H35N5O. The maximum atomic E-state index is 6.18. The summed E-state index contributed by atoms with van der Waals surface area (Å²) in [7, 11) is 0. The third-order valence-electron chi connectivity index (χ3n) is 8.08. The molecule has 0 radical (unpaired) electrons. The van der Waals surface area contributed by atoms with Crippen molar-refractivity contribution in [3.05, 3.63) is 47.3 Å². The lowest BCUT2D eigenvalue weighted by molar-refractivity contribution is -0.127. The van der Waals surface area contributed by atoms with Crippen molar-refractivity contribution in [2.24, 2.45) is 5.41 Å². The fourth-order valence-corrected chi connectivity index (χ4v) is 6.61. The Kier molecular flexibility index (Phi) is 4.88. The standard InChI is InChI=1S/C25H29N5O.C2H6/c1-15-9-26-22-20(28-15)8-19(29-23(22)25-12-24(2,13-25)14-25)16-5-6-31-21(7-16)17-10-27-30(11-17)18-3-4-18;1-2/h8-11,16,18,21H,3-7,12-14H2,1-2H3;1-2H3/t16-,21?,24?,25?;/m0./s1. The molecule has 3 aromatic heterocycles. The van der Waals surface area contributed by atoms with E-state index >= 15 is 0 Å². The normalized spacial score (nSPS) is 32.5. The highest BCUT2D eigenvalue weighted by Crippen LogP contribution is 2.73. The molecular weight excluding hydrogens is 410 g/mol. The van der Waals surface area contributed by atoms with E-state index in [1.807, 2.05) is 33.2 Å². The highest BCUT2D eigenvalue weighted by atomic mass is 16.5. The Morgan fingerprint density at radius 3 is 2.58 bits per heavy atom. The quantitative estimate of drug-likeness (QED) is 0.495. The van der Waals surface area contributed by atoms with Crippen molar-refractivity contribution in [1.29, 1.82) is 0 Å². The van der Waals surface area contributed by atoms with Gasteiger partial charge in [-0.05, 0) is 63.4 Å². The van der Waals surface area contributed by atoms with Crippen molar-refractivity contribution < 1.29 is 4.74 Å². The molecule has 4 heterocycles. The smallest absolute Gasteiger partial charge is 0.111 e. The van der Waals surface area contributed by atoms with Gasteiger partial charge in [0.15, 0.2) is 0 Å². The van der Waals surface area contributed by atoms with Gasteiger partial charge in [0.1, 0.15) is 5.52 Å². The number of hydrogen-bond donors (Lipinski definition) is 0. The molecule has 5 fully saturated rings. The summed E-state index contributed by atoms with van der Waals surface area (Å²) in [6.45, 7) is 9.19. The SMILES string of the molecule is CC.Cc1cnc2c(C34CC(C)(C3)C4)nc([C@H]3CCOC(c4cnn(C5CC5)c4)C3)cc2n1. The molecule has 6 nitrogen and oxygen atoms in total. The zero-order valence-electron chi connectivity index (χ0n) is 20.3. The monoisotopic (exact) mass is 445 g/mol. The van der Waals surface area contributed by atoms with Crippen molar-refractivity contribution in [2.45, 2.75) is 96.1 Å². The lowest BCUT2D eigenvalue weighted by Gasteiger charge is -2.69. The molecule has 2 atom stereocenters. The third kappa shape index (κ3) is 3.49. The van der Waals surface area contributed by atoms with Crippen LogP contribution < -0.4 is 0 Å². The van der Waals surface area contributed by atoms with Gasteiger partial charge in [0.05, 0.1) is 35.2 Å². The van der Waals surface area contributed by atoms with E-state index in [4.69, 9.17) is 19.7 Å². The predicted octanol–water partition coefficient (Wildman–Crippen LogP) is 5.97. The number of nitrogens with zero attached hydrogens (tertiary/aromatic N) is 5. The zero-order chi connectivity index (χ0) is 22.8. The van der Waals surface area contributed by atoms with Crippen LogP contribution in [0.3, 0.4) is 0 Å². The van der Waals surface area contributed by atoms with E-state index < -0.39 is 0 Å². The average Bonchev–Trinajstić information content (AvgIpc) is 3.53. The minimum Gasteiger partial charge on any atom is -0.373 e. The largest absolute Gasteiger partial charge is 0.373 e. The van der Waals surface area contributed by atoms with Gasteiger partial charge in [-0.3, -0.25) is 14.6 Å². The topological polar surface area (TPSA) is 65.7 Å². The van der Waals surface area contributed by atoms with Gasteiger partial charge in [0.2, 0.25) is 0 Å². The first-order chi connectivity index (χ1) is 16.0. The van der Waals surface area contributed by atoms with Gasteiger partial charge in [-0.2, -0.15) is 5.10 Å². The Bertz CT molecular complexity index is 1180. The Morgan fingerprint density at radius 1 is 1.06 bits per heavy atom. The van der Waals surface area contributed by atoms with E-state index in [2.05, 4.69) is 29.0 Å². The van der Waals surface area contributed by atoms with Crippen LogP contribution in [0.15, 0.2) is 24.7 Å². The lowest BCUT2D eigenvalue weighted by atomic mass is 9.35. The van der Waals surface area contributed by atoms with E-state index in [0.717, 1.165) is 36.2 Å². The first-order valence-electron chi connectivity index (χ1n) is 12.8. The van der Waals surface area contributed by atoms with Crippen LogP contribution in [-0.4, -0.2) is 31.3 Å². The summed E-state index contributed by atoms with van der Waals surface area (Å²) in [5.41, 5.74) is 7.38. The van der Waals surface area contributed by atoms with Gasteiger partial charge in [0, 0.05) is 41.6 Å². The van der Waals surface area contributed by atoms with Gasteiger partial charge in [-0.1, -0.05) is 20.8 Å². The van der Waals surface area contributed by atoms with E-state index in [1.165, 1.54) is 49.1 Å². The lowest BCUT2D eigenvalue weighted by Crippen LogP contribution is -2.63. The third-order valence-corrected chi connectivity index (χ3v) is 8.08. The second-order valence-corrected chi connectivity index (χ2v) is 11.0. The van der Waals surface area contributed by atoms with Gasteiger partial charge >= 0.3 is 0 Å². The highest BCUT2D eigenvalue weighted by molar-refractivity contribution is 5.79. The van der Waals surface area contributed by atoms with Gasteiger partial charge < -0.3 is 4.74 Å². The van der Waals surface area contributed by atoms with Crippen LogP contribution in [0.4, 0.5) is 0 Å². The van der Waals surface area contributed by atoms with Crippen LogP contribution in [0.2, 0.25) is 0 Å². The molecule has 33 heavy (non-hydrogen) atoms. The number of pyridine rings is 1. The number of fused-ring (bicyclic) bond motifs is 1. The minimum atomic E-state index is 0.102. The summed E-state index contributed by atoms with van der Waals surface area (Å²) in [5.74, 6) is 0.386. The van der Waals surface area contributed by atoms with Crippen molar-refractivity contribution in [3.63, 3.8) is 0 Å². The second kappa shape index (κ2) is 7.59. The molecule has 0 aromatic carbocycles. The second-order valence-electron chi connectivity index (χ2n) is 11.0. The van der Waals surface area contributed by atoms with E-state index in [1.54, 1.807) is 0 Å². The summed E-state index contributed by atoms with van der Waals surface area (Å²) in [5, 5.41) is 4.58. The molecule has 0 amide bonds. The van der Waals surface area contributed by atoms with E-state index in [-0.39, 0.29) is 11.5 Å². The van der Waals surface area contributed by atoms with Gasteiger partial charge in [-0.25, -0.2) is 4.98 Å². The fourth-order valence-electron chi connectivity index (χ4n) is 6.61. The molecule has 6 heteroatoms. The molecule has 8 rings (SSSR count). The molecule has 1 aliphatic heterocycles. The van der Waals surface area contributed by atoms with Crippen LogP contribution >= 0.6 is 0 Å². The van der Waals surface area contributed by atoms with Crippen molar-refractivity contribution in [1.82, 2.24) is 24.7 Å². The Balaban J connectivity index is 0.00000101. The molecule has 1 saturated heterocycles.